The van der Waals surface area contributed by atoms with E-state index < -0.39 is 11.9 Å². The van der Waals surface area contributed by atoms with E-state index in [9.17, 15) is 14.4 Å². The monoisotopic (exact) mass is 273 g/mol. The normalized spacial score (nSPS) is 10.2. The van der Waals surface area contributed by atoms with Crippen LogP contribution in [0.5, 0.6) is 0 Å². The molecule has 0 aliphatic carbocycles. The number of nitrogens with zero attached hydrogens (tertiary/aromatic N) is 1. The molecule has 0 unspecified atom stereocenters. The van der Waals surface area contributed by atoms with Crippen LogP contribution >= 0.6 is 0 Å². The summed E-state index contributed by atoms with van der Waals surface area (Å²) in [7, 11) is 2.55. The second-order valence-corrected chi connectivity index (χ2v) is 4.18. The first kappa shape index (κ1) is 17.4. The van der Waals surface area contributed by atoms with Gasteiger partial charge in [0.15, 0.2) is 0 Å². The highest BCUT2D eigenvalue weighted by atomic mass is 16.5. The number of ether oxygens (including phenoxy) is 2. The molecule has 0 saturated heterocycles. The standard InChI is InChI=1S/C13H23NO5/c1-5-10(6-2)13(17)14(9-12(16)19-4)8-7-11(15)18-3/h10H,5-9H2,1-4H3. The van der Waals surface area contributed by atoms with Crippen molar-refractivity contribution in [3.05, 3.63) is 0 Å². The first-order valence-corrected chi connectivity index (χ1v) is 6.42. The number of esters is 2. The number of methoxy groups -OCH3 is 2. The Balaban J connectivity index is 4.69. The summed E-state index contributed by atoms with van der Waals surface area (Å²) < 4.78 is 9.09. The predicted molar refractivity (Wildman–Crippen MR) is 69.3 cm³/mol. The molecule has 1 amide bonds. The first-order chi connectivity index (χ1) is 8.99. The molecule has 0 bridgehead atoms. The molecular weight excluding hydrogens is 250 g/mol. The molecule has 0 aliphatic heterocycles. The number of hydrogen-bond donors (Lipinski definition) is 0. The molecule has 0 N–H and O–H groups in total. The zero-order valence-electron chi connectivity index (χ0n) is 12.1. The van der Waals surface area contributed by atoms with Crippen molar-refractivity contribution >= 4 is 17.8 Å². The van der Waals surface area contributed by atoms with Crippen LogP contribution in [0.2, 0.25) is 0 Å². The Morgan fingerprint density at radius 1 is 1.00 bits per heavy atom. The van der Waals surface area contributed by atoms with Crippen LogP contribution in [0.25, 0.3) is 0 Å². The minimum absolute atomic E-state index is 0.0688. The number of hydrogen-bond acceptors (Lipinski definition) is 5. The Kier molecular flexibility index (Phi) is 8.57. The van der Waals surface area contributed by atoms with Crippen molar-refractivity contribution in [1.82, 2.24) is 4.90 Å². The van der Waals surface area contributed by atoms with E-state index in [1.807, 2.05) is 13.8 Å². The van der Waals surface area contributed by atoms with Gasteiger partial charge in [0.2, 0.25) is 5.91 Å². The summed E-state index contributed by atoms with van der Waals surface area (Å²) in [6.45, 7) is 3.87. The summed E-state index contributed by atoms with van der Waals surface area (Å²) in [6.07, 6.45) is 1.47. The largest absolute Gasteiger partial charge is 0.469 e. The highest BCUT2D eigenvalue weighted by Crippen LogP contribution is 2.12. The molecule has 0 atom stereocenters. The van der Waals surface area contributed by atoms with Gasteiger partial charge >= 0.3 is 11.9 Å². The van der Waals surface area contributed by atoms with E-state index in [2.05, 4.69) is 9.47 Å². The average molecular weight is 273 g/mol. The fourth-order valence-electron chi connectivity index (χ4n) is 1.71. The molecule has 6 heteroatoms. The van der Waals surface area contributed by atoms with E-state index in [0.717, 1.165) is 0 Å². The Hall–Kier alpha value is -1.59. The molecule has 0 radical (unpaired) electrons. The molecule has 0 aliphatic rings. The van der Waals surface area contributed by atoms with Crippen molar-refractivity contribution in [2.75, 3.05) is 27.3 Å². The molecule has 6 nitrogen and oxygen atoms in total. The van der Waals surface area contributed by atoms with Crippen LogP contribution < -0.4 is 0 Å². The number of carbonyl (C=O) groups is 3. The zero-order valence-corrected chi connectivity index (χ0v) is 12.1. The van der Waals surface area contributed by atoms with Crippen LogP contribution in [0.4, 0.5) is 0 Å². The summed E-state index contributed by atoms with van der Waals surface area (Å²) in [4.78, 5) is 36.0. The summed E-state index contributed by atoms with van der Waals surface area (Å²) in [5.74, 6) is -1.17. The van der Waals surface area contributed by atoms with Gasteiger partial charge in [0.05, 0.1) is 20.6 Å². The van der Waals surface area contributed by atoms with Gasteiger partial charge in [-0.15, -0.1) is 0 Å². The third-order valence-corrected chi connectivity index (χ3v) is 3.01. The van der Waals surface area contributed by atoms with Crippen molar-refractivity contribution in [2.45, 2.75) is 33.1 Å². The molecule has 110 valence electrons. The van der Waals surface area contributed by atoms with Crippen LogP contribution in [0.15, 0.2) is 0 Å². The second-order valence-electron chi connectivity index (χ2n) is 4.18. The number of rotatable bonds is 8. The van der Waals surface area contributed by atoms with Gasteiger partial charge in [-0.3, -0.25) is 14.4 Å². The van der Waals surface area contributed by atoms with Crippen LogP contribution in [0, 0.1) is 5.92 Å². The van der Waals surface area contributed by atoms with Crippen molar-refractivity contribution in [1.29, 1.82) is 0 Å². The van der Waals surface area contributed by atoms with Gasteiger partial charge in [0.1, 0.15) is 6.54 Å². The van der Waals surface area contributed by atoms with Gasteiger partial charge in [-0.2, -0.15) is 0 Å². The molecule has 0 rings (SSSR count). The fraction of sp³-hybridized carbons (Fsp3) is 0.769. The third kappa shape index (κ3) is 6.22. The van der Waals surface area contributed by atoms with Crippen molar-refractivity contribution in [3.8, 4) is 0 Å². The van der Waals surface area contributed by atoms with E-state index in [1.165, 1.54) is 19.1 Å². The zero-order chi connectivity index (χ0) is 14.8. The third-order valence-electron chi connectivity index (χ3n) is 3.01. The summed E-state index contributed by atoms with van der Waals surface area (Å²) in [5, 5.41) is 0. The minimum Gasteiger partial charge on any atom is -0.469 e. The van der Waals surface area contributed by atoms with Crippen molar-refractivity contribution in [2.24, 2.45) is 5.92 Å². The summed E-state index contributed by atoms with van der Waals surface area (Å²) in [6, 6.07) is 0. The predicted octanol–water partition coefficient (Wildman–Crippen LogP) is 0.987. The fourth-order valence-corrected chi connectivity index (χ4v) is 1.71. The van der Waals surface area contributed by atoms with Gasteiger partial charge in [-0.25, -0.2) is 0 Å². The number of amides is 1. The second kappa shape index (κ2) is 9.35. The smallest absolute Gasteiger partial charge is 0.325 e. The Bertz CT molecular complexity index is 312. The molecule has 0 aromatic carbocycles. The highest BCUT2D eigenvalue weighted by Gasteiger charge is 2.24. The molecule has 0 fully saturated rings. The van der Waals surface area contributed by atoms with Gasteiger partial charge in [0.25, 0.3) is 0 Å². The molecule has 0 saturated carbocycles. The Morgan fingerprint density at radius 2 is 1.53 bits per heavy atom. The van der Waals surface area contributed by atoms with E-state index in [1.54, 1.807) is 0 Å². The van der Waals surface area contributed by atoms with Gasteiger partial charge in [0, 0.05) is 12.5 Å². The van der Waals surface area contributed by atoms with E-state index in [4.69, 9.17) is 0 Å². The lowest BCUT2D eigenvalue weighted by Gasteiger charge is -2.25. The highest BCUT2D eigenvalue weighted by molar-refractivity contribution is 5.84. The SMILES string of the molecule is CCC(CC)C(=O)N(CCC(=O)OC)CC(=O)OC. The quantitative estimate of drug-likeness (QED) is 0.617. The van der Waals surface area contributed by atoms with Crippen LogP contribution in [-0.4, -0.2) is 50.1 Å². The number of carbonyl (C=O) groups excluding carboxylic acids is 3. The maximum Gasteiger partial charge on any atom is 0.325 e. The maximum atomic E-state index is 12.2. The minimum atomic E-state index is -0.496. The van der Waals surface area contributed by atoms with E-state index >= 15 is 0 Å². The molecule has 0 spiro atoms. The maximum absolute atomic E-state index is 12.2. The van der Waals surface area contributed by atoms with Crippen LogP contribution in [0.3, 0.4) is 0 Å². The lowest BCUT2D eigenvalue weighted by Crippen LogP contribution is -2.41. The molecule has 0 heterocycles. The van der Waals surface area contributed by atoms with Crippen LogP contribution in [0.1, 0.15) is 33.1 Å². The topological polar surface area (TPSA) is 72.9 Å². The van der Waals surface area contributed by atoms with Crippen molar-refractivity contribution in [3.63, 3.8) is 0 Å². The average Bonchev–Trinajstić information content (AvgIpc) is 2.43. The van der Waals surface area contributed by atoms with E-state index in [0.29, 0.717) is 12.8 Å². The molecule has 0 aromatic rings. The molecule has 0 aromatic heterocycles. The molecule has 19 heavy (non-hydrogen) atoms. The van der Waals surface area contributed by atoms with Crippen LogP contribution in [-0.2, 0) is 23.9 Å². The van der Waals surface area contributed by atoms with Gasteiger partial charge in [-0.1, -0.05) is 13.8 Å². The first-order valence-electron chi connectivity index (χ1n) is 6.42. The lowest BCUT2D eigenvalue weighted by atomic mass is 10.0. The summed E-state index contributed by atoms with van der Waals surface area (Å²) in [5.41, 5.74) is 0. The van der Waals surface area contributed by atoms with Crippen molar-refractivity contribution < 1.29 is 23.9 Å². The summed E-state index contributed by atoms with van der Waals surface area (Å²) >= 11 is 0. The van der Waals surface area contributed by atoms with Gasteiger partial charge < -0.3 is 14.4 Å². The van der Waals surface area contributed by atoms with Gasteiger partial charge in [-0.05, 0) is 12.8 Å². The Morgan fingerprint density at radius 3 is 1.95 bits per heavy atom. The van der Waals surface area contributed by atoms with E-state index in [-0.39, 0.29) is 31.3 Å². The lowest BCUT2D eigenvalue weighted by molar-refractivity contribution is -0.150. The molecular formula is C13H23NO5. The Labute approximate surface area is 114 Å².